The summed E-state index contributed by atoms with van der Waals surface area (Å²) in [5.41, 5.74) is 0. The van der Waals surface area contributed by atoms with Gasteiger partial charge in [0.1, 0.15) is 5.75 Å². The maximum atomic E-state index is 13.2. The Hall–Kier alpha value is -0.900. The molecule has 0 aliphatic rings. The van der Waals surface area contributed by atoms with Gasteiger partial charge in [-0.3, -0.25) is 0 Å². The molecule has 0 saturated carbocycles. The molecule has 72 valence electrons. The summed E-state index contributed by atoms with van der Waals surface area (Å²) in [6.45, 7) is 0. The second-order valence-corrected chi connectivity index (χ2v) is 3.13. The van der Waals surface area contributed by atoms with E-state index < -0.39 is 0 Å². The molecule has 13 heavy (non-hydrogen) atoms. The van der Waals surface area contributed by atoms with E-state index in [9.17, 15) is 4.39 Å². The molecule has 4 heteroatoms. The number of ether oxygens (including phenoxy) is 2. The van der Waals surface area contributed by atoms with Crippen LogP contribution in [0, 0.1) is 5.82 Å². The molecule has 0 heterocycles. The minimum absolute atomic E-state index is 0.242. The molecule has 1 rings (SSSR count). The number of hydrogen-bond acceptors (Lipinski definition) is 3. The Balaban J connectivity index is 3.27. The predicted octanol–water partition coefficient (Wildman–Crippen LogP) is 2.56. The highest BCUT2D eigenvalue weighted by Gasteiger charge is 2.13. The third-order valence-corrected chi connectivity index (χ3v) is 2.45. The molecule has 0 aliphatic heterocycles. The third-order valence-electron chi connectivity index (χ3n) is 1.66. The van der Waals surface area contributed by atoms with Gasteiger partial charge in [0.2, 0.25) is 0 Å². The quantitative estimate of drug-likeness (QED) is 0.702. The van der Waals surface area contributed by atoms with Crippen LogP contribution in [0.4, 0.5) is 4.39 Å². The molecular weight excluding hydrogens is 191 g/mol. The summed E-state index contributed by atoms with van der Waals surface area (Å²) in [6.07, 6.45) is 1.85. The van der Waals surface area contributed by atoms with Crippen molar-refractivity contribution in [2.45, 2.75) is 4.90 Å². The summed E-state index contributed by atoms with van der Waals surface area (Å²) in [5.74, 6) is 0.505. The van der Waals surface area contributed by atoms with Crippen LogP contribution in [0.25, 0.3) is 0 Å². The molecule has 1 aromatic carbocycles. The number of halogens is 1. The van der Waals surface area contributed by atoms with E-state index in [2.05, 4.69) is 0 Å². The first kappa shape index (κ1) is 10.2. The van der Waals surface area contributed by atoms with E-state index in [0.717, 1.165) is 0 Å². The van der Waals surface area contributed by atoms with Crippen molar-refractivity contribution in [2.75, 3.05) is 20.5 Å². The summed E-state index contributed by atoms with van der Waals surface area (Å²) in [6, 6.07) is 2.92. The van der Waals surface area contributed by atoms with E-state index >= 15 is 0 Å². The fourth-order valence-corrected chi connectivity index (χ4v) is 1.78. The second kappa shape index (κ2) is 4.37. The summed E-state index contributed by atoms with van der Waals surface area (Å²) in [4.78, 5) is 0.685. The van der Waals surface area contributed by atoms with Crippen LogP contribution in [0.2, 0.25) is 0 Å². The monoisotopic (exact) mass is 202 g/mol. The molecule has 0 atom stereocenters. The largest absolute Gasteiger partial charge is 0.495 e. The van der Waals surface area contributed by atoms with Gasteiger partial charge in [-0.25, -0.2) is 4.39 Å². The van der Waals surface area contributed by atoms with Crippen molar-refractivity contribution in [2.24, 2.45) is 0 Å². The van der Waals surface area contributed by atoms with Crippen molar-refractivity contribution in [1.82, 2.24) is 0 Å². The van der Waals surface area contributed by atoms with Gasteiger partial charge in [-0.2, -0.15) is 0 Å². The molecule has 1 aromatic rings. The number of hydrogen-bond donors (Lipinski definition) is 0. The van der Waals surface area contributed by atoms with Gasteiger partial charge in [-0.15, -0.1) is 11.8 Å². The maximum Gasteiger partial charge on any atom is 0.171 e. The molecule has 0 fully saturated rings. The fraction of sp³-hybridized carbons (Fsp3) is 0.333. The molecular formula is C9H11FO2S. The zero-order valence-corrected chi connectivity index (χ0v) is 8.57. The Morgan fingerprint density at radius 3 is 2.38 bits per heavy atom. The second-order valence-electron chi connectivity index (χ2n) is 2.32. The number of rotatable bonds is 3. The van der Waals surface area contributed by atoms with E-state index in [0.29, 0.717) is 10.6 Å². The summed E-state index contributed by atoms with van der Waals surface area (Å²) in [7, 11) is 2.99. The molecule has 0 bridgehead atoms. The predicted molar refractivity (Wildman–Crippen MR) is 51.3 cm³/mol. The summed E-state index contributed by atoms with van der Waals surface area (Å²) < 4.78 is 23.2. The lowest BCUT2D eigenvalue weighted by Gasteiger charge is -2.11. The van der Waals surface area contributed by atoms with E-state index in [4.69, 9.17) is 9.47 Å². The van der Waals surface area contributed by atoms with Crippen molar-refractivity contribution in [3.8, 4) is 11.5 Å². The van der Waals surface area contributed by atoms with Crippen molar-refractivity contribution < 1.29 is 13.9 Å². The molecule has 0 spiro atoms. The number of thioether (sulfide) groups is 1. The zero-order chi connectivity index (χ0) is 9.84. The normalized spacial score (nSPS) is 9.85. The molecule has 0 aliphatic carbocycles. The summed E-state index contributed by atoms with van der Waals surface area (Å²) in [5, 5.41) is 0. The topological polar surface area (TPSA) is 18.5 Å². The molecule has 0 aromatic heterocycles. The number of methoxy groups -OCH3 is 2. The molecule has 0 N–H and O–H groups in total. The van der Waals surface area contributed by atoms with Crippen LogP contribution in [0.5, 0.6) is 11.5 Å². The van der Waals surface area contributed by atoms with Gasteiger partial charge in [0, 0.05) is 0 Å². The molecule has 0 saturated heterocycles. The lowest BCUT2D eigenvalue weighted by atomic mass is 10.3. The lowest BCUT2D eigenvalue weighted by Crippen LogP contribution is -1.94. The Morgan fingerprint density at radius 1 is 1.23 bits per heavy atom. The minimum atomic E-state index is -0.368. The fourth-order valence-electron chi connectivity index (χ4n) is 1.06. The van der Waals surface area contributed by atoms with Crippen LogP contribution in [0.3, 0.4) is 0 Å². The maximum absolute atomic E-state index is 13.2. The van der Waals surface area contributed by atoms with Gasteiger partial charge in [0.05, 0.1) is 19.1 Å². The zero-order valence-electron chi connectivity index (χ0n) is 7.76. The Labute approximate surface area is 81.0 Å². The van der Waals surface area contributed by atoms with E-state index in [1.807, 2.05) is 6.26 Å². The van der Waals surface area contributed by atoms with Crippen LogP contribution in [-0.4, -0.2) is 20.5 Å². The van der Waals surface area contributed by atoms with Crippen molar-refractivity contribution in [3.05, 3.63) is 17.9 Å². The van der Waals surface area contributed by atoms with Crippen LogP contribution in [0.15, 0.2) is 17.0 Å². The standard InChI is InChI=1S/C9H11FO2S/c1-11-7-5-4-6(10)8(12-2)9(7)13-3/h4-5H,1-3H3. The first-order valence-corrected chi connectivity index (χ1v) is 4.91. The Morgan fingerprint density at radius 2 is 1.92 bits per heavy atom. The van der Waals surface area contributed by atoms with Crippen LogP contribution < -0.4 is 9.47 Å². The van der Waals surface area contributed by atoms with Gasteiger partial charge in [0.25, 0.3) is 0 Å². The highest BCUT2D eigenvalue weighted by Crippen LogP contribution is 2.37. The SMILES string of the molecule is COc1ccc(F)c(OC)c1SC. The van der Waals surface area contributed by atoms with Gasteiger partial charge in [-0.1, -0.05) is 0 Å². The average Bonchev–Trinajstić information content (AvgIpc) is 2.17. The van der Waals surface area contributed by atoms with Crippen LogP contribution in [0.1, 0.15) is 0 Å². The van der Waals surface area contributed by atoms with Crippen molar-refractivity contribution in [1.29, 1.82) is 0 Å². The Kier molecular flexibility index (Phi) is 3.42. The van der Waals surface area contributed by atoms with Gasteiger partial charge in [-0.05, 0) is 18.4 Å². The van der Waals surface area contributed by atoms with Crippen LogP contribution in [-0.2, 0) is 0 Å². The molecule has 0 unspecified atom stereocenters. The first-order chi connectivity index (χ1) is 6.24. The van der Waals surface area contributed by atoms with E-state index in [1.54, 1.807) is 13.2 Å². The van der Waals surface area contributed by atoms with Gasteiger partial charge >= 0.3 is 0 Å². The van der Waals surface area contributed by atoms with Crippen LogP contribution >= 0.6 is 11.8 Å². The smallest absolute Gasteiger partial charge is 0.171 e. The lowest BCUT2D eigenvalue weighted by molar-refractivity contribution is 0.357. The molecule has 0 amide bonds. The number of benzene rings is 1. The first-order valence-electron chi connectivity index (χ1n) is 3.69. The van der Waals surface area contributed by atoms with Gasteiger partial charge < -0.3 is 9.47 Å². The third kappa shape index (κ3) is 1.88. The molecule has 2 nitrogen and oxygen atoms in total. The van der Waals surface area contributed by atoms with Crippen molar-refractivity contribution in [3.63, 3.8) is 0 Å². The van der Waals surface area contributed by atoms with E-state index in [-0.39, 0.29) is 11.6 Å². The summed E-state index contributed by atoms with van der Waals surface area (Å²) >= 11 is 1.40. The Bertz CT molecular complexity index is 302. The van der Waals surface area contributed by atoms with Crippen molar-refractivity contribution >= 4 is 11.8 Å². The van der Waals surface area contributed by atoms with Gasteiger partial charge in [0.15, 0.2) is 11.6 Å². The highest BCUT2D eigenvalue weighted by atomic mass is 32.2. The average molecular weight is 202 g/mol. The highest BCUT2D eigenvalue weighted by molar-refractivity contribution is 7.98. The van der Waals surface area contributed by atoms with E-state index in [1.165, 1.54) is 24.9 Å². The molecule has 0 radical (unpaired) electrons. The minimum Gasteiger partial charge on any atom is -0.495 e.